The van der Waals surface area contributed by atoms with Crippen LogP contribution in [0.5, 0.6) is 0 Å². The van der Waals surface area contributed by atoms with Gasteiger partial charge in [-0.05, 0) is 6.42 Å². The lowest BCUT2D eigenvalue weighted by molar-refractivity contribution is -0.305. The van der Waals surface area contributed by atoms with Gasteiger partial charge in [-0.2, -0.15) is 0 Å². The normalized spacial score (nSPS) is 29.3. The van der Waals surface area contributed by atoms with Crippen LogP contribution in [-0.4, -0.2) is 32.1 Å². The molecule has 4 heteroatoms. The van der Waals surface area contributed by atoms with Crippen LogP contribution in [0.25, 0.3) is 0 Å². The second kappa shape index (κ2) is 5.28. The average molecular weight is 214 g/mol. The first kappa shape index (κ1) is 12.2. The minimum Gasteiger partial charge on any atom is -0.460 e. The summed E-state index contributed by atoms with van der Waals surface area (Å²) in [4.78, 5) is 10.7. The molecule has 1 rings (SSSR count). The van der Waals surface area contributed by atoms with Crippen molar-refractivity contribution in [3.63, 3.8) is 0 Å². The van der Waals surface area contributed by atoms with Crippen molar-refractivity contribution in [2.75, 3.05) is 19.8 Å². The summed E-state index contributed by atoms with van der Waals surface area (Å²) in [5.41, 5.74) is 0.114. The van der Waals surface area contributed by atoms with E-state index >= 15 is 0 Å². The molecule has 0 N–H and O–H groups in total. The zero-order valence-corrected chi connectivity index (χ0v) is 9.32. The Bertz CT molecular complexity index is 235. The molecule has 2 unspecified atom stereocenters. The summed E-state index contributed by atoms with van der Waals surface area (Å²) >= 11 is 0. The summed E-state index contributed by atoms with van der Waals surface area (Å²) < 4.78 is 15.5. The van der Waals surface area contributed by atoms with E-state index in [1.165, 1.54) is 0 Å². The molecule has 0 aromatic heterocycles. The van der Waals surface area contributed by atoms with Crippen LogP contribution in [0.3, 0.4) is 0 Å². The minimum atomic E-state index is -0.425. The predicted molar refractivity (Wildman–Crippen MR) is 55.2 cm³/mol. The Kier molecular flexibility index (Phi) is 4.29. The number of esters is 1. The van der Waals surface area contributed by atoms with Crippen molar-refractivity contribution >= 4 is 5.97 Å². The van der Waals surface area contributed by atoms with Crippen LogP contribution in [0, 0.1) is 5.41 Å². The maximum Gasteiger partial charge on any atom is 0.330 e. The lowest BCUT2D eigenvalue weighted by atomic mass is 9.83. The molecule has 1 heterocycles. The van der Waals surface area contributed by atoms with Gasteiger partial charge in [-0.3, -0.25) is 0 Å². The molecule has 0 saturated carbocycles. The van der Waals surface area contributed by atoms with Crippen LogP contribution in [0.15, 0.2) is 12.7 Å². The molecule has 0 amide bonds. The molecule has 1 aliphatic rings. The van der Waals surface area contributed by atoms with Gasteiger partial charge in [0, 0.05) is 11.5 Å². The van der Waals surface area contributed by atoms with Gasteiger partial charge >= 0.3 is 5.97 Å². The summed E-state index contributed by atoms with van der Waals surface area (Å²) in [6, 6.07) is 0. The zero-order chi connectivity index (χ0) is 11.3. The second-order valence-electron chi connectivity index (χ2n) is 3.89. The summed E-state index contributed by atoms with van der Waals surface area (Å²) in [6.07, 6.45) is 1.99. The van der Waals surface area contributed by atoms with Gasteiger partial charge in [0.05, 0.1) is 13.2 Å². The van der Waals surface area contributed by atoms with E-state index < -0.39 is 5.97 Å². The lowest BCUT2D eigenvalue weighted by Gasteiger charge is -2.45. The minimum absolute atomic E-state index is 0.114. The monoisotopic (exact) mass is 214 g/mol. The Hall–Kier alpha value is -0.870. The van der Waals surface area contributed by atoms with E-state index in [9.17, 15) is 4.79 Å². The molecule has 15 heavy (non-hydrogen) atoms. The fraction of sp³-hybridized carbons (Fsp3) is 0.727. The van der Waals surface area contributed by atoms with Crippen molar-refractivity contribution in [2.24, 2.45) is 5.41 Å². The first-order chi connectivity index (χ1) is 7.12. The number of hydrogen-bond donors (Lipinski definition) is 0. The lowest BCUT2D eigenvalue weighted by Crippen LogP contribution is -2.51. The van der Waals surface area contributed by atoms with Gasteiger partial charge in [0.1, 0.15) is 6.61 Å². The van der Waals surface area contributed by atoms with E-state index in [1.54, 1.807) is 0 Å². The fourth-order valence-electron chi connectivity index (χ4n) is 1.31. The van der Waals surface area contributed by atoms with E-state index in [0.29, 0.717) is 6.61 Å². The van der Waals surface area contributed by atoms with E-state index in [-0.39, 0.29) is 18.3 Å². The highest BCUT2D eigenvalue weighted by molar-refractivity contribution is 5.81. The van der Waals surface area contributed by atoms with E-state index in [1.807, 2.05) is 0 Å². The van der Waals surface area contributed by atoms with Gasteiger partial charge in [-0.15, -0.1) is 0 Å². The number of carbonyl (C=O) groups is 1. The van der Waals surface area contributed by atoms with E-state index in [0.717, 1.165) is 19.1 Å². The first-order valence-corrected chi connectivity index (χ1v) is 5.15. The standard InChI is InChI=1S/C11H18O4/c1-4-9(12)13-6-7-14-10-11(3,5-2)8-15-10/h4,10H,1,5-8H2,2-3H3. The highest BCUT2D eigenvalue weighted by atomic mass is 16.7. The van der Waals surface area contributed by atoms with Crippen molar-refractivity contribution in [1.29, 1.82) is 0 Å². The Morgan fingerprint density at radius 1 is 1.67 bits per heavy atom. The molecule has 0 aliphatic carbocycles. The third kappa shape index (κ3) is 3.04. The molecule has 0 radical (unpaired) electrons. The predicted octanol–water partition coefficient (Wildman–Crippen LogP) is 1.50. The molecule has 0 bridgehead atoms. The van der Waals surface area contributed by atoms with Crippen molar-refractivity contribution in [3.8, 4) is 0 Å². The van der Waals surface area contributed by atoms with Crippen LogP contribution in [0.1, 0.15) is 20.3 Å². The molecular formula is C11H18O4. The molecule has 1 saturated heterocycles. The van der Waals surface area contributed by atoms with Crippen LogP contribution >= 0.6 is 0 Å². The molecule has 86 valence electrons. The van der Waals surface area contributed by atoms with Crippen LogP contribution in [-0.2, 0) is 19.0 Å². The van der Waals surface area contributed by atoms with Gasteiger partial charge in [-0.1, -0.05) is 20.4 Å². The molecule has 2 atom stereocenters. The number of ether oxygens (including phenoxy) is 3. The molecular weight excluding hydrogens is 196 g/mol. The van der Waals surface area contributed by atoms with E-state index in [2.05, 4.69) is 20.4 Å². The molecule has 1 fully saturated rings. The van der Waals surface area contributed by atoms with Gasteiger partial charge in [0.15, 0.2) is 6.29 Å². The summed E-state index contributed by atoms with van der Waals surface area (Å²) in [7, 11) is 0. The zero-order valence-electron chi connectivity index (χ0n) is 9.32. The SMILES string of the molecule is C=CC(=O)OCCOC1OCC1(C)CC. The first-order valence-electron chi connectivity index (χ1n) is 5.15. The largest absolute Gasteiger partial charge is 0.460 e. The highest BCUT2D eigenvalue weighted by Crippen LogP contribution is 2.38. The maximum atomic E-state index is 10.7. The smallest absolute Gasteiger partial charge is 0.330 e. The quantitative estimate of drug-likeness (QED) is 0.382. The molecule has 0 spiro atoms. The Balaban J connectivity index is 2.11. The molecule has 0 aromatic carbocycles. The summed E-state index contributed by atoms with van der Waals surface area (Å²) in [5.74, 6) is -0.425. The summed E-state index contributed by atoms with van der Waals surface area (Å²) in [6.45, 7) is 8.87. The van der Waals surface area contributed by atoms with Gasteiger partial charge < -0.3 is 14.2 Å². The van der Waals surface area contributed by atoms with Gasteiger partial charge in [0.25, 0.3) is 0 Å². The van der Waals surface area contributed by atoms with E-state index in [4.69, 9.17) is 14.2 Å². The highest BCUT2D eigenvalue weighted by Gasteiger charge is 2.43. The second-order valence-corrected chi connectivity index (χ2v) is 3.89. The third-order valence-electron chi connectivity index (χ3n) is 2.70. The Labute approximate surface area is 90.2 Å². The number of rotatable bonds is 6. The topological polar surface area (TPSA) is 44.8 Å². The molecule has 4 nitrogen and oxygen atoms in total. The maximum absolute atomic E-state index is 10.7. The molecule has 1 aliphatic heterocycles. The van der Waals surface area contributed by atoms with Crippen molar-refractivity contribution in [3.05, 3.63) is 12.7 Å². The van der Waals surface area contributed by atoms with Crippen LogP contribution < -0.4 is 0 Å². The fourth-order valence-corrected chi connectivity index (χ4v) is 1.31. The number of hydrogen-bond acceptors (Lipinski definition) is 4. The van der Waals surface area contributed by atoms with Crippen molar-refractivity contribution in [1.82, 2.24) is 0 Å². The Morgan fingerprint density at radius 3 is 2.87 bits per heavy atom. The van der Waals surface area contributed by atoms with Crippen molar-refractivity contribution in [2.45, 2.75) is 26.6 Å². The Morgan fingerprint density at radius 2 is 2.40 bits per heavy atom. The van der Waals surface area contributed by atoms with Gasteiger partial charge in [-0.25, -0.2) is 4.79 Å². The van der Waals surface area contributed by atoms with Crippen LogP contribution in [0.2, 0.25) is 0 Å². The molecule has 0 aromatic rings. The van der Waals surface area contributed by atoms with Gasteiger partial charge in [0.2, 0.25) is 0 Å². The average Bonchev–Trinajstić information content (AvgIpc) is 2.25. The van der Waals surface area contributed by atoms with Crippen LogP contribution in [0.4, 0.5) is 0 Å². The number of carbonyl (C=O) groups excluding carboxylic acids is 1. The third-order valence-corrected chi connectivity index (χ3v) is 2.70. The van der Waals surface area contributed by atoms with Crippen molar-refractivity contribution < 1.29 is 19.0 Å². The summed E-state index contributed by atoms with van der Waals surface area (Å²) in [5, 5.41) is 0.